The number of hydrogen-bond acceptors (Lipinski definition) is 8. The average Bonchev–Trinajstić information content (AvgIpc) is 3.22. The number of amides is 1. The molecule has 0 bridgehead atoms. The van der Waals surface area contributed by atoms with Crippen LogP contribution in [0.4, 0.5) is 22.7 Å². The Morgan fingerprint density at radius 3 is 2.33 bits per heavy atom. The van der Waals surface area contributed by atoms with Crippen molar-refractivity contribution in [3.8, 4) is 0 Å². The third kappa shape index (κ3) is 6.05. The average molecular weight is 550 g/mol. The smallest absolute Gasteiger partial charge is 0.337 e. The van der Waals surface area contributed by atoms with E-state index in [-0.39, 0.29) is 18.1 Å². The second-order valence-electron chi connectivity index (χ2n) is 9.36. The Labute approximate surface area is 228 Å². The Hall–Kier alpha value is -4.35. The number of likely N-dealkylation sites (N-methyl/N-ethyl adjacent to an activating group) is 1. The lowest BCUT2D eigenvalue weighted by atomic mass is 9.99. The molecular weight excluding hydrogens is 518 g/mol. The summed E-state index contributed by atoms with van der Waals surface area (Å²) >= 11 is 0. The Morgan fingerprint density at radius 1 is 1.00 bits per heavy atom. The molecule has 39 heavy (non-hydrogen) atoms. The molecule has 0 spiro atoms. The first-order valence-corrected chi connectivity index (χ1v) is 14.0. The van der Waals surface area contributed by atoms with Gasteiger partial charge in [-0.25, -0.2) is 13.2 Å². The van der Waals surface area contributed by atoms with Crippen LogP contribution in [0.1, 0.15) is 21.5 Å². The van der Waals surface area contributed by atoms with Gasteiger partial charge in [0.1, 0.15) is 0 Å². The molecule has 1 aliphatic rings. The molecule has 4 rings (SSSR count). The summed E-state index contributed by atoms with van der Waals surface area (Å²) in [5.41, 5.74) is 10.7. The van der Waals surface area contributed by atoms with Crippen LogP contribution in [0.2, 0.25) is 0 Å². The summed E-state index contributed by atoms with van der Waals surface area (Å²) in [6.07, 6.45) is 1.15. The maximum atomic E-state index is 13.2. The summed E-state index contributed by atoms with van der Waals surface area (Å²) in [4.78, 5) is 27.1. The highest BCUT2D eigenvalue weighted by atomic mass is 32.2. The van der Waals surface area contributed by atoms with Crippen LogP contribution < -0.4 is 20.7 Å². The summed E-state index contributed by atoms with van der Waals surface area (Å²) in [5.74, 6) is -0.843. The summed E-state index contributed by atoms with van der Waals surface area (Å²) in [6, 6.07) is 19.2. The van der Waals surface area contributed by atoms with E-state index in [1.54, 1.807) is 36.4 Å². The second kappa shape index (κ2) is 11.2. The Morgan fingerprint density at radius 2 is 1.72 bits per heavy atom. The van der Waals surface area contributed by atoms with Crippen LogP contribution in [0.3, 0.4) is 0 Å². The third-order valence-corrected chi connectivity index (χ3v) is 7.39. The molecule has 10 nitrogen and oxygen atoms in total. The number of nitrogens with zero attached hydrogens (tertiary/aromatic N) is 2. The first-order chi connectivity index (χ1) is 18.5. The molecule has 0 radical (unpaired) electrons. The molecule has 4 N–H and O–H groups in total. The Balaban J connectivity index is 1.77. The molecule has 0 aromatic heterocycles. The number of nitrogen functional groups attached to an aromatic ring is 1. The minimum absolute atomic E-state index is 0.243. The largest absolute Gasteiger partial charge is 0.465 e. The zero-order valence-electron chi connectivity index (χ0n) is 22.2. The van der Waals surface area contributed by atoms with E-state index in [1.165, 1.54) is 11.4 Å². The van der Waals surface area contributed by atoms with Gasteiger partial charge in [0.25, 0.3) is 5.91 Å². The van der Waals surface area contributed by atoms with Gasteiger partial charge < -0.3 is 26.0 Å². The minimum Gasteiger partial charge on any atom is -0.465 e. The summed E-state index contributed by atoms with van der Waals surface area (Å²) in [7, 11) is 1.46. The fourth-order valence-electron chi connectivity index (χ4n) is 4.31. The molecule has 3 aromatic carbocycles. The molecule has 0 saturated heterocycles. The highest BCUT2D eigenvalue weighted by molar-refractivity contribution is 7.92. The maximum Gasteiger partial charge on any atom is 0.337 e. The lowest BCUT2D eigenvalue weighted by molar-refractivity contribution is -0.110. The van der Waals surface area contributed by atoms with Crippen LogP contribution in [0.15, 0.2) is 66.7 Å². The molecule has 0 atom stereocenters. The van der Waals surface area contributed by atoms with Gasteiger partial charge in [-0.05, 0) is 50.0 Å². The van der Waals surface area contributed by atoms with Gasteiger partial charge in [-0.2, -0.15) is 0 Å². The van der Waals surface area contributed by atoms with Crippen LogP contribution in [0, 0.1) is 0 Å². The van der Waals surface area contributed by atoms with Crippen LogP contribution in [-0.4, -0.2) is 65.7 Å². The van der Waals surface area contributed by atoms with Crippen molar-refractivity contribution in [2.45, 2.75) is 0 Å². The van der Waals surface area contributed by atoms with E-state index in [0.717, 1.165) is 11.8 Å². The van der Waals surface area contributed by atoms with Crippen molar-refractivity contribution in [1.82, 2.24) is 4.90 Å². The van der Waals surface area contributed by atoms with E-state index in [1.807, 2.05) is 49.3 Å². The molecule has 1 heterocycles. The number of carbonyl (C=O) groups is 2. The lowest BCUT2D eigenvalue weighted by Crippen LogP contribution is -2.36. The highest BCUT2D eigenvalue weighted by Gasteiger charge is 2.29. The Bertz CT molecular complexity index is 1550. The number of carbonyl (C=O) groups excluding carboxylic acids is 2. The van der Waals surface area contributed by atoms with E-state index in [9.17, 15) is 18.0 Å². The first kappa shape index (κ1) is 27.7. The monoisotopic (exact) mass is 549 g/mol. The third-order valence-electron chi connectivity index (χ3n) is 6.21. The summed E-state index contributed by atoms with van der Waals surface area (Å²) < 4.78 is 31.1. The molecule has 0 unspecified atom stereocenters. The van der Waals surface area contributed by atoms with Crippen molar-refractivity contribution in [3.63, 3.8) is 0 Å². The normalized spacial score (nSPS) is 14.0. The van der Waals surface area contributed by atoms with Crippen LogP contribution in [0.5, 0.6) is 0 Å². The summed E-state index contributed by atoms with van der Waals surface area (Å²) in [6.45, 7) is 0.760. The molecule has 0 saturated carbocycles. The van der Waals surface area contributed by atoms with E-state index in [2.05, 4.69) is 10.6 Å². The number of benzene rings is 3. The fraction of sp³-hybridized carbons (Fsp3) is 0.214. The number of esters is 1. The number of nitrogens with two attached hydrogens (primary N) is 1. The molecule has 0 aliphatic carbocycles. The second-order valence-corrected chi connectivity index (χ2v) is 11.3. The molecule has 1 aliphatic heterocycles. The van der Waals surface area contributed by atoms with E-state index < -0.39 is 16.0 Å². The van der Waals surface area contributed by atoms with Gasteiger partial charge in [-0.1, -0.05) is 36.4 Å². The predicted molar refractivity (Wildman–Crippen MR) is 155 cm³/mol. The van der Waals surface area contributed by atoms with Crippen molar-refractivity contribution >= 4 is 55.9 Å². The molecule has 1 amide bonds. The van der Waals surface area contributed by atoms with Crippen molar-refractivity contribution in [2.24, 2.45) is 0 Å². The number of fused-ring (bicyclic) bond motifs is 1. The molecular formula is C28H31N5O5S. The zero-order chi connectivity index (χ0) is 28.3. The number of sulfonamides is 1. The topological polar surface area (TPSA) is 134 Å². The number of hydrogen-bond donors (Lipinski definition) is 3. The first-order valence-electron chi connectivity index (χ1n) is 12.1. The van der Waals surface area contributed by atoms with Crippen molar-refractivity contribution in [3.05, 3.63) is 83.4 Å². The maximum absolute atomic E-state index is 13.2. The quantitative estimate of drug-likeness (QED) is 0.210. The van der Waals surface area contributed by atoms with Gasteiger partial charge in [-0.15, -0.1) is 0 Å². The number of methoxy groups -OCH3 is 1. The zero-order valence-corrected chi connectivity index (χ0v) is 23.0. The van der Waals surface area contributed by atoms with Crippen LogP contribution in [-0.2, 0) is 19.6 Å². The highest BCUT2D eigenvalue weighted by Crippen LogP contribution is 2.39. The summed E-state index contributed by atoms with van der Waals surface area (Å²) in [5, 5.41) is 6.16. The Kier molecular flexibility index (Phi) is 7.93. The van der Waals surface area contributed by atoms with Gasteiger partial charge in [0.15, 0.2) is 0 Å². The van der Waals surface area contributed by atoms with E-state index in [0.29, 0.717) is 46.0 Å². The number of ether oxygens (including phenoxy) is 1. The molecule has 3 aromatic rings. The van der Waals surface area contributed by atoms with Crippen molar-refractivity contribution in [2.75, 3.05) is 61.2 Å². The standard InChI is InChI=1S/C28H31N5O5S/c1-32(2)14-15-33(39(4,36)37)24-13-11-20(17-22(24)29)30-26(18-8-6-5-7-9-18)25-21-12-10-19(28(35)38-3)16-23(21)31-27(25)34/h5-13,16-17,30H,14-15,29H2,1-4H3,(H,31,34)/b26-25-. The van der Waals surface area contributed by atoms with Gasteiger partial charge in [0.05, 0.1) is 47.3 Å². The van der Waals surface area contributed by atoms with Gasteiger partial charge >= 0.3 is 5.97 Å². The molecule has 11 heteroatoms. The van der Waals surface area contributed by atoms with Crippen LogP contribution in [0.25, 0.3) is 11.3 Å². The number of anilines is 4. The van der Waals surface area contributed by atoms with Crippen molar-refractivity contribution in [1.29, 1.82) is 0 Å². The number of rotatable bonds is 9. The van der Waals surface area contributed by atoms with E-state index >= 15 is 0 Å². The van der Waals surface area contributed by atoms with E-state index in [4.69, 9.17) is 10.5 Å². The van der Waals surface area contributed by atoms with Crippen LogP contribution >= 0.6 is 0 Å². The minimum atomic E-state index is -3.57. The molecule has 0 fully saturated rings. The van der Waals surface area contributed by atoms with Gasteiger partial charge in [0.2, 0.25) is 10.0 Å². The SMILES string of the molecule is COC(=O)c1ccc2c(c1)NC(=O)/C2=C(\Nc1ccc(N(CCN(C)C)S(C)(=O)=O)c(N)c1)c1ccccc1. The predicted octanol–water partition coefficient (Wildman–Crippen LogP) is 3.32. The fourth-order valence-corrected chi connectivity index (χ4v) is 5.25. The van der Waals surface area contributed by atoms with Gasteiger partial charge in [-0.3, -0.25) is 9.10 Å². The molecule has 204 valence electrons. The number of nitrogens with one attached hydrogen (secondary N) is 2. The van der Waals surface area contributed by atoms with Gasteiger partial charge in [0, 0.05) is 24.3 Å². The lowest BCUT2D eigenvalue weighted by Gasteiger charge is -2.26. The van der Waals surface area contributed by atoms with Crippen molar-refractivity contribution < 1.29 is 22.7 Å².